The number of carbonyl (C=O) groups is 1. The highest BCUT2D eigenvalue weighted by molar-refractivity contribution is 7.19. The number of aromatic nitrogens is 4. The Morgan fingerprint density at radius 3 is 3.04 bits per heavy atom. The molecule has 3 aromatic heterocycles. The standard InChI is InChI=1S/C18H17ClN6OS/c1-2-18-6-3-8-25(18)14-11(22-16(18)26)10-21-17(23-14)24-9-7-20-15(24)12-4-5-13(19)27-12/h4-5,7,9-10H,2-3,6,8H2,1H3,(H,22,26). The second-order valence-electron chi connectivity index (χ2n) is 6.73. The molecular formula is C18H17ClN6OS. The second-order valence-corrected chi connectivity index (χ2v) is 8.44. The Morgan fingerprint density at radius 2 is 2.26 bits per heavy atom. The number of nitrogens with zero attached hydrogens (tertiary/aromatic N) is 5. The van der Waals surface area contributed by atoms with Crippen LogP contribution in [0.3, 0.4) is 0 Å². The van der Waals surface area contributed by atoms with Gasteiger partial charge in [0, 0.05) is 18.9 Å². The van der Waals surface area contributed by atoms with E-state index in [0.717, 1.165) is 42.3 Å². The van der Waals surface area contributed by atoms with Crippen molar-refractivity contribution in [1.82, 2.24) is 19.5 Å². The molecule has 1 fully saturated rings. The van der Waals surface area contributed by atoms with Gasteiger partial charge in [0.15, 0.2) is 11.6 Å². The summed E-state index contributed by atoms with van der Waals surface area (Å²) in [6.45, 7) is 2.88. The first-order valence-corrected chi connectivity index (χ1v) is 10.1. The summed E-state index contributed by atoms with van der Waals surface area (Å²) in [4.78, 5) is 29.5. The van der Waals surface area contributed by atoms with E-state index >= 15 is 0 Å². The van der Waals surface area contributed by atoms with Crippen LogP contribution in [0.2, 0.25) is 4.34 Å². The molecule has 3 aromatic rings. The fourth-order valence-corrected chi connectivity index (χ4v) is 5.08. The van der Waals surface area contributed by atoms with Crippen LogP contribution in [0.1, 0.15) is 26.2 Å². The molecule has 0 bridgehead atoms. The molecular weight excluding hydrogens is 384 g/mol. The van der Waals surface area contributed by atoms with Crippen molar-refractivity contribution in [2.45, 2.75) is 31.7 Å². The van der Waals surface area contributed by atoms with Crippen molar-refractivity contribution in [3.63, 3.8) is 0 Å². The maximum Gasteiger partial charge on any atom is 0.250 e. The van der Waals surface area contributed by atoms with Gasteiger partial charge in [0.05, 0.1) is 15.4 Å². The second kappa shape index (κ2) is 6.03. The number of imidazole rings is 1. The van der Waals surface area contributed by atoms with Crippen LogP contribution in [0.25, 0.3) is 16.6 Å². The van der Waals surface area contributed by atoms with Gasteiger partial charge in [-0.25, -0.2) is 9.97 Å². The SMILES string of the molecule is CCC12CCCN1c1nc(-n3ccnc3-c3ccc(Cl)s3)ncc1NC2=O. The van der Waals surface area contributed by atoms with Crippen molar-refractivity contribution in [2.24, 2.45) is 0 Å². The van der Waals surface area contributed by atoms with Crippen LogP contribution in [-0.4, -0.2) is 37.5 Å². The highest BCUT2D eigenvalue weighted by Gasteiger charge is 2.50. The zero-order chi connectivity index (χ0) is 18.6. The number of fused-ring (bicyclic) bond motifs is 3. The molecule has 27 heavy (non-hydrogen) atoms. The van der Waals surface area contributed by atoms with Crippen LogP contribution in [0.4, 0.5) is 11.5 Å². The van der Waals surface area contributed by atoms with Crippen LogP contribution < -0.4 is 10.2 Å². The molecule has 138 valence electrons. The first kappa shape index (κ1) is 16.7. The highest BCUT2D eigenvalue weighted by atomic mass is 35.5. The van der Waals surface area contributed by atoms with E-state index in [2.05, 4.69) is 27.1 Å². The van der Waals surface area contributed by atoms with E-state index in [1.54, 1.807) is 12.4 Å². The normalized spacial score (nSPS) is 21.1. The van der Waals surface area contributed by atoms with Gasteiger partial charge in [-0.05, 0) is 31.4 Å². The lowest BCUT2D eigenvalue weighted by molar-refractivity contribution is -0.121. The first-order valence-electron chi connectivity index (χ1n) is 8.88. The van der Waals surface area contributed by atoms with E-state index in [9.17, 15) is 4.79 Å². The molecule has 9 heteroatoms. The summed E-state index contributed by atoms with van der Waals surface area (Å²) in [5, 5.41) is 3.00. The molecule has 1 unspecified atom stereocenters. The topological polar surface area (TPSA) is 75.9 Å². The minimum Gasteiger partial charge on any atom is -0.340 e. The van der Waals surface area contributed by atoms with Crippen molar-refractivity contribution in [3.8, 4) is 16.6 Å². The lowest BCUT2D eigenvalue weighted by atomic mass is 9.90. The lowest BCUT2D eigenvalue weighted by Gasteiger charge is -2.41. The number of halogens is 1. The quantitative estimate of drug-likeness (QED) is 0.724. The zero-order valence-electron chi connectivity index (χ0n) is 14.6. The Labute approximate surface area is 165 Å². The number of thiophene rings is 1. The Balaban J connectivity index is 1.62. The van der Waals surface area contributed by atoms with E-state index < -0.39 is 5.54 Å². The molecule has 0 aliphatic carbocycles. The van der Waals surface area contributed by atoms with E-state index in [1.807, 2.05) is 22.9 Å². The van der Waals surface area contributed by atoms with E-state index in [1.165, 1.54) is 11.3 Å². The Bertz CT molecular complexity index is 1050. The number of nitrogens with one attached hydrogen (secondary N) is 1. The van der Waals surface area contributed by atoms with Crippen LogP contribution in [0.15, 0.2) is 30.7 Å². The largest absolute Gasteiger partial charge is 0.340 e. The average Bonchev–Trinajstić information content (AvgIpc) is 3.40. The molecule has 7 nitrogen and oxygen atoms in total. The van der Waals surface area contributed by atoms with Crippen LogP contribution >= 0.6 is 22.9 Å². The highest BCUT2D eigenvalue weighted by Crippen LogP contribution is 2.43. The smallest absolute Gasteiger partial charge is 0.250 e. The maximum absolute atomic E-state index is 12.7. The predicted molar refractivity (Wildman–Crippen MR) is 106 cm³/mol. The molecule has 1 saturated heterocycles. The fraction of sp³-hybridized carbons (Fsp3) is 0.333. The Hall–Kier alpha value is -2.45. The number of hydrogen-bond acceptors (Lipinski definition) is 6. The first-order chi connectivity index (χ1) is 13.1. The van der Waals surface area contributed by atoms with Crippen molar-refractivity contribution in [2.75, 3.05) is 16.8 Å². The predicted octanol–water partition coefficient (Wildman–Crippen LogP) is 3.75. The third-order valence-electron chi connectivity index (χ3n) is 5.41. The summed E-state index contributed by atoms with van der Waals surface area (Å²) in [6.07, 6.45) is 7.81. The summed E-state index contributed by atoms with van der Waals surface area (Å²) in [5.41, 5.74) is 0.160. The van der Waals surface area contributed by atoms with Crippen molar-refractivity contribution in [3.05, 3.63) is 35.1 Å². The zero-order valence-corrected chi connectivity index (χ0v) is 16.2. The molecule has 2 aliphatic rings. The minimum atomic E-state index is -0.502. The van der Waals surface area contributed by atoms with Gasteiger partial charge in [0.2, 0.25) is 11.9 Å². The molecule has 0 radical (unpaired) electrons. The third-order valence-corrected chi connectivity index (χ3v) is 6.63. The fourth-order valence-electron chi connectivity index (χ4n) is 4.05. The summed E-state index contributed by atoms with van der Waals surface area (Å²) in [5.74, 6) is 2.10. The molecule has 1 N–H and O–H groups in total. The summed E-state index contributed by atoms with van der Waals surface area (Å²) in [6, 6.07) is 3.79. The molecule has 1 atom stereocenters. The summed E-state index contributed by atoms with van der Waals surface area (Å²) < 4.78 is 2.56. The van der Waals surface area contributed by atoms with E-state index in [-0.39, 0.29) is 5.91 Å². The average molecular weight is 401 g/mol. The minimum absolute atomic E-state index is 0.0443. The van der Waals surface area contributed by atoms with Gasteiger partial charge < -0.3 is 10.2 Å². The van der Waals surface area contributed by atoms with Gasteiger partial charge in [-0.15, -0.1) is 11.3 Å². The van der Waals surface area contributed by atoms with Gasteiger partial charge in [-0.3, -0.25) is 9.36 Å². The van der Waals surface area contributed by atoms with E-state index in [4.69, 9.17) is 16.6 Å². The van der Waals surface area contributed by atoms with Crippen molar-refractivity contribution in [1.29, 1.82) is 0 Å². The van der Waals surface area contributed by atoms with Gasteiger partial charge in [0.25, 0.3) is 0 Å². The molecule has 5 rings (SSSR count). The number of rotatable bonds is 3. The molecule has 5 heterocycles. The molecule has 0 spiro atoms. The molecule has 1 amide bonds. The summed E-state index contributed by atoms with van der Waals surface area (Å²) >= 11 is 7.54. The monoisotopic (exact) mass is 400 g/mol. The molecule has 2 aliphatic heterocycles. The Morgan fingerprint density at radius 1 is 1.37 bits per heavy atom. The van der Waals surface area contributed by atoms with Crippen LogP contribution in [-0.2, 0) is 4.79 Å². The maximum atomic E-state index is 12.7. The molecule has 0 aromatic carbocycles. The number of carbonyl (C=O) groups excluding carboxylic acids is 1. The Kier molecular flexibility index (Phi) is 3.73. The van der Waals surface area contributed by atoms with E-state index in [0.29, 0.717) is 16.0 Å². The number of anilines is 2. The molecule has 0 saturated carbocycles. The third kappa shape index (κ3) is 2.40. The number of hydrogen-bond donors (Lipinski definition) is 1. The van der Waals surface area contributed by atoms with Crippen LogP contribution in [0, 0.1) is 0 Å². The van der Waals surface area contributed by atoms with Gasteiger partial charge in [-0.2, -0.15) is 4.98 Å². The van der Waals surface area contributed by atoms with Crippen molar-refractivity contribution < 1.29 is 4.79 Å². The summed E-state index contributed by atoms with van der Waals surface area (Å²) in [7, 11) is 0. The van der Waals surface area contributed by atoms with Crippen molar-refractivity contribution >= 4 is 40.4 Å². The number of amides is 1. The lowest BCUT2D eigenvalue weighted by Crippen LogP contribution is -2.56. The van der Waals surface area contributed by atoms with Gasteiger partial charge in [0.1, 0.15) is 11.2 Å². The van der Waals surface area contributed by atoms with Gasteiger partial charge in [-0.1, -0.05) is 18.5 Å². The van der Waals surface area contributed by atoms with Crippen LogP contribution in [0.5, 0.6) is 0 Å². The van der Waals surface area contributed by atoms with Gasteiger partial charge >= 0.3 is 0 Å².